The van der Waals surface area contributed by atoms with Crippen molar-refractivity contribution in [2.45, 2.75) is 19.4 Å². The Hall–Kier alpha value is -1.66. The van der Waals surface area contributed by atoms with Crippen LogP contribution in [0.1, 0.15) is 24.9 Å². The van der Waals surface area contributed by atoms with Crippen molar-refractivity contribution >= 4 is 0 Å². The maximum Gasteiger partial charge on any atom is 0.127 e. The zero-order valence-corrected chi connectivity index (χ0v) is 9.69. The standard InChI is InChI=1S/C13H17NO2/c1-4-5-8-16-13-9-11(15-3)6-7-12(13)10(2)14/h1,6-7,9-10H,5,8,14H2,2-3H3/t10-/m0/s1. The topological polar surface area (TPSA) is 44.5 Å². The SMILES string of the molecule is C#CCCOc1cc(OC)ccc1[C@H](C)N. The molecule has 0 spiro atoms. The summed E-state index contributed by atoms with van der Waals surface area (Å²) in [5.74, 6) is 4.02. The molecular formula is C13H17NO2. The van der Waals surface area contributed by atoms with Gasteiger partial charge in [0.2, 0.25) is 0 Å². The molecule has 0 amide bonds. The third-order valence-electron chi connectivity index (χ3n) is 2.22. The monoisotopic (exact) mass is 219 g/mol. The highest BCUT2D eigenvalue weighted by molar-refractivity contribution is 5.42. The summed E-state index contributed by atoms with van der Waals surface area (Å²) in [7, 11) is 1.62. The number of methoxy groups -OCH3 is 1. The van der Waals surface area contributed by atoms with Crippen LogP contribution in [0.15, 0.2) is 18.2 Å². The Morgan fingerprint density at radius 2 is 2.25 bits per heavy atom. The smallest absolute Gasteiger partial charge is 0.127 e. The van der Waals surface area contributed by atoms with Crippen LogP contribution in [0.2, 0.25) is 0 Å². The van der Waals surface area contributed by atoms with Gasteiger partial charge in [0.25, 0.3) is 0 Å². The van der Waals surface area contributed by atoms with Crippen molar-refractivity contribution in [3.8, 4) is 23.8 Å². The molecule has 0 heterocycles. The van der Waals surface area contributed by atoms with Crippen molar-refractivity contribution in [2.24, 2.45) is 5.73 Å². The predicted octanol–water partition coefficient (Wildman–Crippen LogP) is 2.12. The zero-order valence-electron chi connectivity index (χ0n) is 9.69. The van der Waals surface area contributed by atoms with E-state index in [1.165, 1.54) is 0 Å². The molecule has 0 radical (unpaired) electrons. The first-order chi connectivity index (χ1) is 7.69. The molecule has 16 heavy (non-hydrogen) atoms. The second-order valence-electron chi connectivity index (χ2n) is 3.50. The van der Waals surface area contributed by atoms with Gasteiger partial charge in [-0.25, -0.2) is 0 Å². The maximum absolute atomic E-state index is 5.85. The molecular weight excluding hydrogens is 202 g/mol. The molecule has 0 aliphatic heterocycles. The van der Waals surface area contributed by atoms with E-state index in [4.69, 9.17) is 21.6 Å². The minimum Gasteiger partial charge on any atom is -0.497 e. The molecule has 86 valence electrons. The summed E-state index contributed by atoms with van der Waals surface area (Å²) in [6, 6.07) is 5.53. The van der Waals surface area contributed by atoms with E-state index in [0.717, 1.165) is 17.1 Å². The van der Waals surface area contributed by atoms with Crippen LogP contribution in [0, 0.1) is 12.3 Å². The van der Waals surface area contributed by atoms with Gasteiger partial charge in [-0.15, -0.1) is 12.3 Å². The quantitative estimate of drug-likeness (QED) is 0.609. The van der Waals surface area contributed by atoms with Gasteiger partial charge in [0.1, 0.15) is 11.5 Å². The molecule has 0 saturated carbocycles. The van der Waals surface area contributed by atoms with Crippen LogP contribution in [0.4, 0.5) is 0 Å². The van der Waals surface area contributed by atoms with Crippen LogP contribution in [-0.2, 0) is 0 Å². The van der Waals surface area contributed by atoms with Crippen LogP contribution < -0.4 is 15.2 Å². The van der Waals surface area contributed by atoms with Crippen molar-refractivity contribution in [1.82, 2.24) is 0 Å². The number of hydrogen-bond acceptors (Lipinski definition) is 3. The number of nitrogens with two attached hydrogens (primary N) is 1. The third-order valence-corrected chi connectivity index (χ3v) is 2.22. The summed E-state index contributed by atoms with van der Waals surface area (Å²) in [6.07, 6.45) is 5.75. The molecule has 0 saturated heterocycles. The first-order valence-corrected chi connectivity index (χ1v) is 5.18. The second kappa shape index (κ2) is 6.04. The Bertz CT molecular complexity index is 380. The van der Waals surface area contributed by atoms with Gasteiger partial charge in [-0.1, -0.05) is 6.07 Å². The molecule has 0 unspecified atom stereocenters. The number of ether oxygens (including phenoxy) is 2. The van der Waals surface area contributed by atoms with E-state index in [-0.39, 0.29) is 6.04 Å². The maximum atomic E-state index is 5.85. The van der Waals surface area contributed by atoms with Gasteiger partial charge < -0.3 is 15.2 Å². The molecule has 3 nitrogen and oxygen atoms in total. The van der Waals surface area contributed by atoms with Gasteiger partial charge in [-0.3, -0.25) is 0 Å². The van der Waals surface area contributed by atoms with Crippen LogP contribution in [0.25, 0.3) is 0 Å². The molecule has 0 bridgehead atoms. The van der Waals surface area contributed by atoms with Crippen molar-refractivity contribution in [3.63, 3.8) is 0 Å². The zero-order chi connectivity index (χ0) is 12.0. The first-order valence-electron chi connectivity index (χ1n) is 5.18. The molecule has 1 aromatic carbocycles. The van der Waals surface area contributed by atoms with E-state index in [1.54, 1.807) is 7.11 Å². The Labute approximate surface area is 96.6 Å². The Balaban J connectivity index is 2.88. The molecule has 0 fully saturated rings. The molecule has 1 aromatic rings. The van der Waals surface area contributed by atoms with Crippen molar-refractivity contribution in [2.75, 3.05) is 13.7 Å². The lowest BCUT2D eigenvalue weighted by atomic mass is 10.1. The highest BCUT2D eigenvalue weighted by Gasteiger charge is 2.09. The van der Waals surface area contributed by atoms with Gasteiger partial charge in [-0.2, -0.15) is 0 Å². The fourth-order valence-electron chi connectivity index (χ4n) is 1.36. The number of rotatable bonds is 5. The van der Waals surface area contributed by atoms with Crippen LogP contribution in [0.3, 0.4) is 0 Å². The van der Waals surface area contributed by atoms with Gasteiger partial charge in [0.15, 0.2) is 0 Å². The molecule has 0 aliphatic rings. The fourth-order valence-corrected chi connectivity index (χ4v) is 1.36. The summed E-state index contributed by atoms with van der Waals surface area (Å²) < 4.78 is 10.7. The van der Waals surface area contributed by atoms with E-state index < -0.39 is 0 Å². The highest BCUT2D eigenvalue weighted by atomic mass is 16.5. The Morgan fingerprint density at radius 3 is 2.81 bits per heavy atom. The average Bonchev–Trinajstić information content (AvgIpc) is 2.29. The predicted molar refractivity (Wildman–Crippen MR) is 64.5 cm³/mol. The summed E-state index contributed by atoms with van der Waals surface area (Å²) in [6.45, 7) is 2.40. The highest BCUT2D eigenvalue weighted by Crippen LogP contribution is 2.28. The van der Waals surface area contributed by atoms with Gasteiger partial charge in [0, 0.05) is 24.1 Å². The number of terminal acetylenes is 1. The summed E-state index contributed by atoms with van der Waals surface area (Å²) >= 11 is 0. The molecule has 1 rings (SSSR count). The molecule has 1 atom stereocenters. The van der Waals surface area contributed by atoms with E-state index >= 15 is 0 Å². The van der Waals surface area contributed by atoms with E-state index in [1.807, 2.05) is 25.1 Å². The minimum atomic E-state index is -0.0771. The Morgan fingerprint density at radius 1 is 1.50 bits per heavy atom. The van der Waals surface area contributed by atoms with E-state index in [0.29, 0.717) is 13.0 Å². The van der Waals surface area contributed by atoms with Crippen molar-refractivity contribution in [1.29, 1.82) is 0 Å². The lowest BCUT2D eigenvalue weighted by Gasteiger charge is -2.14. The summed E-state index contributed by atoms with van der Waals surface area (Å²) in [5, 5.41) is 0. The number of benzene rings is 1. The van der Waals surface area contributed by atoms with Crippen LogP contribution in [0.5, 0.6) is 11.5 Å². The van der Waals surface area contributed by atoms with Crippen LogP contribution in [-0.4, -0.2) is 13.7 Å². The fraction of sp³-hybridized carbons (Fsp3) is 0.385. The molecule has 3 heteroatoms. The van der Waals surface area contributed by atoms with Gasteiger partial charge >= 0.3 is 0 Å². The lowest BCUT2D eigenvalue weighted by Crippen LogP contribution is -2.08. The van der Waals surface area contributed by atoms with Crippen LogP contribution >= 0.6 is 0 Å². The first kappa shape index (κ1) is 12.4. The molecule has 2 N–H and O–H groups in total. The summed E-state index contributed by atoms with van der Waals surface area (Å²) in [5.41, 5.74) is 6.81. The largest absolute Gasteiger partial charge is 0.497 e. The normalized spacial score (nSPS) is 11.6. The average molecular weight is 219 g/mol. The van der Waals surface area contributed by atoms with Crippen molar-refractivity contribution in [3.05, 3.63) is 23.8 Å². The molecule has 0 aliphatic carbocycles. The minimum absolute atomic E-state index is 0.0771. The van der Waals surface area contributed by atoms with Crippen molar-refractivity contribution < 1.29 is 9.47 Å². The second-order valence-corrected chi connectivity index (χ2v) is 3.50. The van der Waals surface area contributed by atoms with E-state index in [9.17, 15) is 0 Å². The molecule has 0 aromatic heterocycles. The van der Waals surface area contributed by atoms with E-state index in [2.05, 4.69) is 5.92 Å². The third kappa shape index (κ3) is 3.18. The van der Waals surface area contributed by atoms with Gasteiger partial charge in [0.05, 0.1) is 13.7 Å². The Kier molecular flexibility index (Phi) is 4.68. The summed E-state index contributed by atoms with van der Waals surface area (Å²) in [4.78, 5) is 0. The number of hydrogen-bond donors (Lipinski definition) is 1. The van der Waals surface area contributed by atoms with Gasteiger partial charge in [-0.05, 0) is 13.0 Å². The lowest BCUT2D eigenvalue weighted by molar-refractivity contribution is 0.319.